The van der Waals surface area contributed by atoms with Gasteiger partial charge in [0.2, 0.25) is 0 Å². The summed E-state index contributed by atoms with van der Waals surface area (Å²) in [6.45, 7) is 3.39. The van der Waals surface area contributed by atoms with Crippen molar-refractivity contribution in [3.63, 3.8) is 0 Å². The Morgan fingerprint density at radius 1 is 0.933 bits per heavy atom. The molecule has 0 aliphatic heterocycles. The molecule has 30 heavy (non-hydrogen) atoms. The van der Waals surface area contributed by atoms with Crippen molar-refractivity contribution in [1.29, 1.82) is 0 Å². The summed E-state index contributed by atoms with van der Waals surface area (Å²) in [6, 6.07) is 23.2. The molecule has 0 unspecified atom stereocenters. The summed E-state index contributed by atoms with van der Waals surface area (Å²) in [6.07, 6.45) is 0. The zero-order valence-corrected chi connectivity index (χ0v) is 16.9. The predicted octanol–water partition coefficient (Wildman–Crippen LogP) is 4.74. The van der Waals surface area contributed by atoms with E-state index in [9.17, 15) is 9.59 Å². The second-order valence-corrected chi connectivity index (χ2v) is 7.40. The Bertz CT molecular complexity index is 1240. The van der Waals surface area contributed by atoms with E-state index in [1.165, 1.54) is 0 Å². The molecule has 0 aliphatic rings. The lowest BCUT2D eigenvalue weighted by Gasteiger charge is -2.12. The van der Waals surface area contributed by atoms with Gasteiger partial charge in [-0.2, -0.15) is 0 Å². The standard InChI is InChI=1S/C25H22N2O3/c1-16(2)26-24(28)15-30-25(29)21-14-23(27-22-13-6-5-11-20(21)22)19-12-7-9-17-8-3-4-10-18(17)19/h3-14,16H,15H2,1-2H3,(H,26,28). The van der Waals surface area contributed by atoms with E-state index >= 15 is 0 Å². The normalized spacial score (nSPS) is 11.0. The molecular weight excluding hydrogens is 376 g/mol. The van der Waals surface area contributed by atoms with Gasteiger partial charge in [-0.15, -0.1) is 0 Å². The lowest BCUT2D eigenvalue weighted by Crippen LogP contribution is -2.34. The fourth-order valence-electron chi connectivity index (χ4n) is 3.50. The molecule has 150 valence electrons. The van der Waals surface area contributed by atoms with E-state index in [1.54, 1.807) is 6.07 Å². The highest BCUT2D eigenvalue weighted by Gasteiger charge is 2.17. The van der Waals surface area contributed by atoms with Gasteiger partial charge in [-0.1, -0.05) is 60.7 Å². The minimum absolute atomic E-state index is 0.0177. The molecule has 0 saturated carbocycles. The van der Waals surface area contributed by atoms with Crippen LogP contribution in [-0.4, -0.2) is 29.5 Å². The summed E-state index contributed by atoms with van der Waals surface area (Å²) in [5.41, 5.74) is 2.71. The maximum absolute atomic E-state index is 12.9. The maximum Gasteiger partial charge on any atom is 0.339 e. The van der Waals surface area contributed by atoms with Crippen LogP contribution in [-0.2, 0) is 9.53 Å². The number of rotatable bonds is 5. The first kappa shape index (κ1) is 19.6. The molecule has 0 atom stereocenters. The van der Waals surface area contributed by atoms with E-state index in [-0.39, 0.29) is 18.6 Å². The number of amides is 1. The zero-order valence-electron chi connectivity index (χ0n) is 16.9. The number of esters is 1. The first-order valence-electron chi connectivity index (χ1n) is 9.87. The van der Waals surface area contributed by atoms with Gasteiger partial charge in [0.1, 0.15) is 0 Å². The highest BCUT2D eigenvalue weighted by Crippen LogP contribution is 2.30. The van der Waals surface area contributed by atoms with Crippen LogP contribution < -0.4 is 5.32 Å². The molecule has 0 fully saturated rings. The molecule has 1 heterocycles. The van der Waals surface area contributed by atoms with Crippen LogP contribution in [0, 0.1) is 0 Å². The second-order valence-electron chi connectivity index (χ2n) is 7.40. The van der Waals surface area contributed by atoms with Crippen LogP contribution in [0.3, 0.4) is 0 Å². The Hall–Kier alpha value is -3.73. The number of aromatic nitrogens is 1. The number of para-hydroxylation sites is 1. The number of ether oxygens (including phenoxy) is 1. The van der Waals surface area contributed by atoms with Gasteiger partial charge >= 0.3 is 5.97 Å². The average molecular weight is 398 g/mol. The minimum Gasteiger partial charge on any atom is -0.452 e. The van der Waals surface area contributed by atoms with Gasteiger partial charge in [0.15, 0.2) is 6.61 Å². The number of hydrogen-bond donors (Lipinski definition) is 1. The monoisotopic (exact) mass is 398 g/mol. The summed E-state index contributed by atoms with van der Waals surface area (Å²) in [5.74, 6) is -0.875. The number of carbonyl (C=O) groups is 2. The minimum atomic E-state index is -0.547. The summed E-state index contributed by atoms with van der Waals surface area (Å²) in [5, 5.41) is 5.56. The molecule has 4 rings (SSSR count). The SMILES string of the molecule is CC(C)NC(=O)COC(=O)c1cc(-c2cccc3ccccc23)nc2ccccc12. The molecule has 0 spiro atoms. The molecule has 5 nitrogen and oxygen atoms in total. The Labute approximate surface area is 174 Å². The summed E-state index contributed by atoms with van der Waals surface area (Å²) in [7, 11) is 0. The number of carbonyl (C=O) groups excluding carboxylic acids is 2. The molecule has 0 aliphatic carbocycles. The summed E-state index contributed by atoms with van der Waals surface area (Å²) >= 11 is 0. The number of pyridine rings is 1. The largest absolute Gasteiger partial charge is 0.452 e. The average Bonchev–Trinajstić information content (AvgIpc) is 2.76. The van der Waals surface area contributed by atoms with Gasteiger partial charge in [-0.3, -0.25) is 4.79 Å². The molecule has 1 aromatic heterocycles. The highest BCUT2D eigenvalue weighted by atomic mass is 16.5. The van der Waals surface area contributed by atoms with E-state index in [0.29, 0.717) is 22.2 Å². The van der Waals surface area contributed by atoms with Gasteiger partial charge in [-0.25, -0.2) is 9.78 Å². The predicted molar refractivity (Wildman–Crippen MR) is 118 cm³/mol. The summed E-state index contributed by atoms with van der Waals surface area (Å²) < 4.78 is 5.30. The van der Waals surface area contributed by atoms with Crippen molar-refractivity contribution in [2.75, 3.05) is 6.61 Å². The topological polar surface area (TPSA) is 68.3 Å². The van der Waals surface area contributed by atoms with Crippen molar-refractivity contribution >= 4 is 33.6 Å². The first-order chi connectivity index (χ1) is 14.5. The second kappa shape index (κ2) is 8.33. The highest BCUT2D eigenvalue weighted by molar-refractivity contribution is 6.06. The van der Waals surface area contributed by atoms with Crippen molar-refractivity contribution in [2.45, 2.75) is 19.9 Å². The molecule has 0 bridgehead atoms. The van der Waals surface area contributed by atoms with Crippen molar-refractivity contribution in [3.8, 4) is 11.3 Å². The van der Waals surface area contributed by atoms with E-state index in [4.69, 9.17) is 9.72 Å². The lowest BCUT2D eigenvalue weighted by atomic mass is 9.99. The van der Waals surface area contributed by atoms with Gasteiger partial charge in [0.05, 0.1) is 16.8 Å². The molecule has 1 N–H and O–H groups in total. The van der Waals surface area contributed by atoms with E-state index in [0.717, 1.165) is 16.3 Å². The van der Waals surface area contributed by atoms with E-state index in [2.05, 4.69) is 5.32 Å². The third-order valence-corrected chi connectivity index (χ3v) is 4.79. The van der Waals surface area contributed by atoms with Gasteiger partial charge in [0.25, 0.3) is 5.91 Å². The maximum atomic E-state index is 12.9. The van der Waals surface area contributed by atoms with Crippen LogP contribution in [0.4, 0.5) is 0 Å². The molecular formula is C25H22N2O3. The molecule has 1 amide bonds. The molecule has 0 saturated heterocycles. The van der Waals surface area contributed by atoms with Crippen LogP contribution in [0.15, 0.2) is 72.8 Å². The molecule has 3 aromatic carbocycles. The molecule has 4 aromatic rings. The van der Waals surface area contributed by atoms with Gasteiger partial charge in [0, 0.05) is 17.0 Å². The number of benzene rings is 3. The van der Waals surface area contributed by atoms with Crippen LogP contribution in [0.25, 0.3) is 32.9 Å². The van der Waals surface area contributed by atoms with Crippen molar-refractivity contribution in [3.05, 3.63) is 78.4 Å². The smallest absolute Gasteiger partial charge is 0.339 e. The Morgan fingerprint density at radius 3 is 2.43 bits per heavy atom. The third kappa shape index (κ3) is 4.01. The number of nitrogens with one attached hydrogen (secondary N) is 1. The van der Waals surface area contributed by atoms with Gasteiger partial charge < -0.3 is 10.1 Å². The van der Waals surface area contributed by atoms with E-state index < -0.39 is 5.97 Å². The van der Waals surface area contributed by atoms with Crippen molar-refractivity contribution in [2.24, 2.45) is 0 Å². The molecule has 5 heteroatoms. The van der Waals surface area contributed by atoms with Crippen molar-refractivity contribution in [1.82, 2.24) is 10.3 Å². The fourth-order valence-corrected chi connectivity index (χ4v) is 3.50. The molecule has 0 radical (unpaired) electrons. The number of hydrogen-bond acceptors (Lipinski definition) is 4. The first-order valence-corrected chi connectivity index (χ1v) is 9.87. The Kier molecular flexibility index (Phi) is 5.44. The fraction of sp³-hybridized carbons (Fsp3) is 0.160. The summed E-state index contributed by atoms with van der Waals surface area (Å²) in [4.78, 5) is 29.5. The van der Waals surface area contributed by atoms with Crippen LogP contribution in [0.5, 0.6) is 0 Å². The Balaban J connectivity index is 1.76. The van der Waals surface area contributed by atoms with Gasteiger partial charge in [-0.05, 0) is 36.8 Å². The number of fused-ring (bicyclic) bond motifs is 2. The van der Waals surface area contributed by atoms with Crippen LogP contribution >= 0.6 is 0 Å². The number of nitrogens with zero attached hydrogens (tertiary/aromatic N) is 1. The third-order valence-electron chi connectivity index (χ3n) is 4.79. The van der Waals surface area contributed by atoms with Crippen LogP contribution in [0.1, 0.15) is 24.2 Å². The van der Waals surface area contributed by atoms with Crippen molar-refractivity contribution < 1.29 is 14.3 Å². The Morgan fingerprint density at radius 2 is 1.63 bits per heavy atom. The quantitative estimate of drug-likeness (QED) is 0.493. The lowest BCUT2D eigenvalue weighted by molar-refractivity contribution is -0.124. The zero-order chi connectivity index (χ0) is 21.1. The van der Waals surface area contributed by atoms with E-state index in [1.807, 2.05) is 80.6 Å². The van der Waals surface area contributed by atoms with Crippen LogP contribution in [0.2, 0.25) is 0 Å².